The van der Waals surface area contributed by atoms with E-state index >= 15 is 0 Å². The molecular weight excluding hydrogens is 552 g/mol. The number of carbonyl (C=O) groups excluding carboxylic acids is 1. The van der Waals surface area contributed by atoms with Crippen LogP contribution < -0.4 is 9.21 Å². The first-order chi connectivity index (χ1) is 18.3. The smallest absolute Gasteiger partial charge is 0.264 e. The lowest BCUT2D eigenvalue weighted by atomic mass is 10.0. The summed E-state index contributed by atoms with van der Waals surface area (Å²) in [5, 5.41) is 0.652. The maximum Gasteiger partial charge on any atom is 0.264 e. The van der Waals surface area contributed by atoms with E-state index in [9.17, 15) is 13.2 Å². The molecule has 5 rings (SSSR count). The number of halogens is 1. The van der Waals surface area contributed by atoms with Crippen molar-refractivity contribution in [2.75, 3.05) is 42.9 Å². The number of thiazole rings is 1. The summed E-state index contributed by atoms with van der Waals surface area (Å²) >= 11 is 1.50. The molecule has 1 aliphatic rings. The van der Waals surface area contributed by atoms with Crippen molar-refractivity contribution >= 4 is 60.7 Å². The molecule has 1 aliphatic heterocycles. The number of nitrogens with zero attached hydrogens (tertiary/aromatic N) is 4. The molecule has 4 aromatic rings. The Bertz CT molecular complexity index is 1570. The molecule has 0 aliphatic carbocycles. The van der Waals surface area contributed by atoms with Crippen LogP contribution in [-0.4, -0.2) is 57.9 Å². The number of sulfonamides is 1. The first-order valence-corrected chi connectivity index (χ1v) is 15.0. The van der Waals surface area contributed by atoms with Crippen molar-refractivity contribution in [1.29, 1.82) is 0 Å². The summed E-state index contributed by atoms with van der Waals surface area (Å²) in [6, 6.07) is 20.0. The quantitative estimate of drug-likeness (QED) is 0.263. The van der Waals surface area contributed by atoms with Crippen LogP contribution in [0.4, 0.5) is 10.8 Å². The molecule has 0 spiro atoms. The second-order valence-corrected chi connectivity index (χ2v) is 12.7. The fourth-order valence-electron chi connectivity index (χ4n) is 4.82. The number of aryl methyl sites for hydroxylation is 2. The zero-order valence-corrected chi connectivity index (χ0v) is 24.8. The summed E-state index contributed by atoms with van der Waals surface area (Å²) in [6.07, 6.45) is 2.43. The molecule has 0 radical (unpaired) electrons. The Morgan fingerprint density at radius 2 is 1.74 bits per heavy atom. The van der Waals surface area contributed by atoms with Crippen molar-refractivity contribution in [2.24, 2.45) is 0 Å². The summed E-state index contributed by atoms with van der Waals surface area (Å²) < 4.78 is 29.6. The minimum atomic E-state index is -3.74. The molecule has 39 heavy (non-hydrogen) atoms. The first kappa shape index (κ1) is 29.0. The number of aromatic nitrogens is 1. The van der Waals surface area contributed by atoms with E-state index in [1.165, 1.54) is 15.6 Å². The van der Waals surface area contributed by atoms with Crippen molar-refractivity contribution in [3.8, 4) is 0 Å². The van der Waals surface area contributed by atoms with E-state index in [1.807, 2.05) is 63.5 Å². The number of hydrogen-bond acceptors (Lipinski definition) is 6. The largest absolute Gasteiger partial charge is 0.309 e. The number of anilines is 2. The zero-order chi connectivity index (χ0) is 26.9. The number of rotatable bonds is 8. The van der Waals surface area contributed by atoms with Crippen molar-refractivity contribution in [3.63, 3.8) is 0 Å². The van der Waals surface area contributed by atoms with E-state index in [0.29, 0.717) is 23.8 Å². The van der Waals surface area contributed by atoms with E-state index in [1.54, 1.807) is 29.2 Å². The van der Waals surface area contributed by atoms with E-state index in [2.05, 4.69) is 4.90 Å². The van der Waals surface area contributed by atoms with Crippen molar-refractivity contribution in [3.05, 3.63) is 83.4 Å². The second-order valence-electron chi connectivity index (χ2n) is 9.87. The molecule has 0 atom stereocenters. The molecule has 0 saturated carbocycles. The molecule has 0 bridgehead atoms. The lowest BCUT2D eigenvalue weighted by molar-refractivity contribution is 0.0986. The van der Waals surface area contributed by atoms with Gasteiger partial charge in [-0.3, -0.25) is 14.0 Å². The van der Waals surface area contributed by atoms with Crippen LogP contribution in [-0.2, 0) is 16.4 Å². The summed E-state index contributed by atoms with van der Waals surface area (Å²) in [4.78, 5) is 22.5. The van der Waals surface area contributed by atoms with Crippen LogP contribution in [0.2, 0.25) is 0 Å². The Kier molecular flexibility index (Phi) is 8.96. The Morgan fingerprint density at radius 1 is 1.00 bits per heavy atom. The molecule has 0 fully saturated rings. The summed E-state index contributed by atoms with van der Waals surface area (Å²) in [6.45, 7) is 3.81. The van der Waals surface area contributed by atoms with Gasteiger partial charge in [-0.1, -0.05) is 41.7 Å². The van der Waals surface area contributed by atoms with E-state index in [-0.39, 0.29) is 23.2 Å². The minimum Gasteiger partial charge on any atom is -0.309 e. The normalized spacial score (nSPS) is 13.3. The highest BCUT2D eigenvalue weighted by Crippen LogP contribution is 2.33. The number of amides is 1. The van der Waals surface area contributed by atoms with Gasteiger partial charge in [0, 0.05) is 18.7 Å². The second kappa shape index (κ2) is 12.0. The highest BCUT2D eigenvalue weighted by Gasteiger charge is 2.29. The van der Waals surface area contributed by atoms with E-state index in [0.717, 1.165) is 52.8 Å². The van der Waals surface area contributed by atoms with Gasteiger partial charge in [0.05, 0.1) is 20.8 Å². The summed E-state index contributed by atoms with van der Waals surface area (Å²) in [5.74, 6) is -0.187. The van der Waals surface area contributed by atoms with Crippen molar-refractivity contribution in [2.45, 2.75) is 31.1 Å². The lowest BCUT2D eigenvalue weighted by Gasteiger charge is -2.30. The van der Waals surface area contributed by atoms with Gasteiger partial charge < -0.3 is 4.90 Å². The van der Waals surface area contributed by atoms with Crippen LogP contribution in [0.3, 0.4) is 0 Å². The van der Waals surface area contributed by atoms with Gasteiger partial charge in [0.1, 0.15) is 0 Å². The van der Waals surface area contributed by atoms with E-state index < -0.39 is 10.0 Å². The Morgan fingerprint density at radius 3 is 2.46 bits per heavy atom. The van der Waals surface area contributed by atoms with Crippen LogP contribution in [0.25, 0.3) is 10.2 Å². The van der Waals surface area contributed by atoms with Gasteiger partial charge in [0.2, 0.25) is 0 Å². The van der Waals surface area contributed by atoms with Crippen molar-refractivity contribution < 1.29 is 13.2 Å². The highest BCUT2D eigenvalue weighted by atomic mass is 35.5. The fourth-order valence-corrected chi connectivity index (χ4v) is 7.43. The first-order valence-electron chi connectivity index (χ1n) is 12.8. The standard InChI is InChI=1S/C29H32N4O3S2.ClH/c1-21-9-6-13-26-27(21)30-29(37-26)32(19-8-18-31(2)3)28(34)23-14-16-24(17-15-23)38(35,36)33-20-7-11-22-10-4-5-12-25(22)33;/h4-6,9-10,12-17H,7-8,11,18-20H2,1-3H3;1H. The Hall–Kier alpha value is -2.98. The van der Waals surface area contributed by atoms with Crippen molar-refractivity contribution in [1.82, 2.24) is 9.88 Å². The summed E-state index contributed by atoms with van der Waals surface area (Å²) in [7, 11) is 0.271. The number of para-hydroxylation sites is 2. The molecule has 3 aromatic carbocycles. The number of carbonyl (C=O) groups is 1. The molecule has 0 saturated heterocycles. The van der Waals surface area contributed by atoms with Crippen LogP contribution in [0.5, 0.6) is 0 Å². The van der Waals surface area contributed by atoms with Crippen LogP contribution >= 0.6 is 23.7 Å². The predicted molar refractivity (Wildman–Crippen MR) is 162 cm³/mol. The molecule has 1 amide bonds. The average molecular weight is 585 g/mol. The molecule has 206 valence electrons. The third kappa shape index (κ3) is 5.96. The topological polar surface area (TPSA) is 73.8 Å². The molecular formula is C29H33ClN4O3S2. The molecule has 1 aromatic heterocycles. The highest BCUT2D eigenvalue weighted by molar-refractivity contribution is 7.92. The predicted octanol–water partition coefficient (Wildman–Crippen LogP) is 5.77. The van der Waals surface area contributed by atoms with E-state index in [4.69, 9.17) is 4.98 Å². The minimum absolute atomic E-state index is 0. The van der Waals surface area contributed by atoms with Gasteiger partial charge in [-0.15, -0.1) is 12.4 Å². The van der Waals surface area contributed by atoms with Crippen LogP contribution in [0, 0.1) is 6.92 Å². The maximum absolute atomic E-state index is 13.7. The third-order valence-electron chi connectivity index (χ3n) is 6.83. The van der Waals surface area contributed by atoms with Crippen LogP contribution in [0.15, 0.2) is 71.6 Å². The fraction of sp³-hybridized carbons (Fsp3) is 0.310. The van der Waals surface area contributed by atoms with Gasteiger partial charge in [-0.2, -0.15) is 0 Å². The average Bonchev–Trinajstić information content (AvgIpc) is 3.36. The van der Waals surface area contributed by atoms with Crippen LogP contribution in [0.1, 0.15) is 34.3 Å². The van der Waals surface area contributed by atoms with Gasteiger partial charge in [0.15, 0.2) is 5.13 Å². The molecule has 0 unspecified atom stereocenters. The lowest BCUT2D eigenvalue weighted by Crippen LogP contribution is -2.35. The van der Waals surface area contributed by atoms with Gasteiger partial charge >= 0.3 is 0 Å². The molecule has 0 N–H and O–H groups in total. The zero-order valence-electron chi connectivity index (χ0n) is 22.3. The SMILES string of the molecule is Cc1cccc2sc(N(CCCN(C)C)C(=O)c3ccc(S(=O)(=O)N4CCCc5ccccc54)cc3)nc12.Cl. The van der Waals surface area contributed by atoms with Gasteiger partial charge in [-0.25, -0.2) is 13.4 Å². The monoisotopic (exact) mass is 584 g/mol. The molecule has 7 nitrogen and oxygen atoms in total. The third-order valence-corrected chi connectivity index (χ3v) is 9.70. The van der Waals surface area contributed by atoms with Gasteiger partial charge in [0.25, 0.3) is 15.9 Å². The Labute approximate surface area is 240 Å². The Balaban J connectivity index is 0.00000353. The number of hydrogen-bond donors (Lipinski definition) is 0. The maximum atomic E-state index is 13.7. The molecule has 10 heteroatoms. The molecule has 2 heterocycles. The number of benzene rings is 3. The number of fused-ring (bicyclic) bond motifs is 2. The summed E-state index contributed by atoms with van der Waals surface area (Å²) in [5.41, 5.74) is 4.18. The van der Waals surface area contributed by atoms with Gasteiger partial charge in [-0.05, 0) is 94.4 Å².